The van der Waals surface area contributed by atoms with Crippen LogP contribution >= 0.6 is 0 Å². The Morgan fingerprint density at radius 1 is 1.16 bits per heavy atom. The first-order valence-corrected chi connectivity index (χ1v) is 7.04. The molecule has 1 heterocycles. The molecule has 19 heavy (non-hydrogen) atoms. The molecule has 0 atom stereocenters. The topological polar surface area (TPSA) is 22.0 Å². The number of fused-ring (bicyclic) bond motifs is 3. The number of Topliss-reactive ketones (excluding diaryl/α,β-unsaturated/α-hetero) is 1. The highest BCUT2D eigenvalue weighted by molar-refractivity contribution is 6.10. The van der Waals surface area contributed by atoms with Gasteiger partial charge in [0, 0.05) is 35.6 Å². The van der Waals surface area contributed by atoms with Crippen molar-refractivity contribution in [3.63, 3.8) is 0 Å². The second kappa shape index (κ2) is 3.96. The maximum absolute atomic E-state index is 12.3. The minimum Gasteiger partial charge on any atom is -0.347 e. The van der Waals surface area contributed by atoms with Gasteiger partial charge < -0.3 is 4.57 Å². The lowest BCUT2D eigenvalue weighted by Crippen LogP contribution is -2.12. The predicted octanol–water partition coefficient (Wildman–Crippen LogP) is 3.99. The first kappa shape index (κ1) is 12.5. The molecule has 1 aromatic heterocycles. The van der Waals surface area contributed by atoms with E-state index in [9.17, 15) is 4.79 Å². The zero-order valence-corrected chi connectivity index (χ0v) is 12.2. The Morgan fingerprint density at radius 2 is 1.89 bits per heavy atom. The summed E-state index contributed by atoms with van der Waals surface area (Å²) in [5, 5.41) is 1.15. The highest BCUT2D eigenvalue weighted by Crippen LogP contribution is 2.34. The quantitative estimate of drug-likeness (QED) is 0.697. The summed E-state index contributed by atoms with van der Waals surface area (Å²) in [6, 6.07) is 6.58. The Kier molecular flexibility index (Phi) is 2.60. The minimum atomic E-state index is 0.120. The van der Waals surface area contributed by atoms with Crippen LogP contribution in [0.5, 0.6) is 0 Å². The number of benzene rings is 1. The third-order valence-corrected chi connectivity index (χ3v) is 4.28. The molecular formula is C17H21NO. The Labute approximate surface area is 114 Å². The molecule has 0 saturated heterocycles. The molecule has 0 saturated carbocycles. The molecule has 1 aliphatic rings. The van der Waals surface area contributed by atoms with E-state index in [1.54, 1.807) is 0 Å². The lowest BCUT2D eigenvalue weighted by Gasteiger charge is -2.19. The SMILES string of the molecule is Cn1c2c(c3cc(C(C)(C)C)ccc31)C(=O)CCC2. The number of nitrogens with zero attached hydrogens (tertiary/aromatic N) is 1. The van der Waals surface area contributed by atoms with Crippen LogP contribution in [0.3, 0.4) is 0 Å². The number of aryl methyl sites for hydroxylation is 1. The number of carbonyl (C=O) groups excluding carboxylic acids is 1. The van der Waals surface area contributed by atoms with Crippen LogP contribution in [0, 0.1) is 0 Å². The molecule has 0 fully saturated rings. The van der Waals surface area contributed by atoms with Gasteiger partial charge in [-0.3, -0.25) is 4.79 Å². The number of aromatic nitrogens is 1. The van der Waals surface area contributed by atoms with Gasteiger partial charge in [-0.05, 0) is 36.0 Å². The van der Waals surface area contributed by atoms with Gasteiger partial charge in [0.2, 0.25) is 0 Å². The van der Waals surface area contributed by atoms with Gasteiger partial charge in [-0.2, -0.15) is 0 Å². The Hall–Kier alpha value is -1.57. The molecule has 0 aliphatic heterocycles. The van der Waals surface area contributed by atoms with Gasteiger partial charge in [0.25, 0.3) is 0 Å². The van der Waals surface area contributed by atoms with Crippen LogP contribution in [0.15, 0.2) is 18.2 Å². The maximum atomic E-state index is 12.3. The molecule has 0 N–H and O–H groups in total. The Morgan fingerprint density at radius 3 is 2.58 bits per heavy atom. The monoisotopic (exact) mass is 255 g/mol. The van der Waals surface area contributed by atoms with Crippen LogP contribution in [0.25, 0.3) is 10.9 Å². The van der Waals surface area contributed by atoms with Gasteiger partial charge in [0.15, 0.2) is 5.78 Å². The van der Waals surface area contributed by atoms with Crippen LogP contribution in [0.2, 0.25) is 0 Å². The lowest BCUT2D eigenvalue weighted by molar-refractivity contribution is 0.0973. The maximum Gasteiger partial charge on any atom is 0.165 e. The van der Waals surface area contributed by atoms with Crippen molar-refractivity contribution in [3.05, 3.63) is 35.0 Å². The van der Waals surface area contributed by atoms with Crippen molar-refractivity contribution in [2.45, 2.75) is 45.4 Å². The van der Waals surface area contributed by atoms with Crippen LogP contribution in [-0.2, 0) is 18.9 Å². The highest BCUT2D eigenvalue weighted by Gasteiger charge is 2.25. The summed E-state index contributed by atoms with van der Waals surface area (Å²) in [5.41, 5.74) is 4.81. The molecule has 0 unspecified atom stereocenters. The van der Waals surface area contributed by atoms with E-state index in [1.165, 1.54) is 16.8 Å². The van der Waals surface area contributed by atoms with Gasteiger partial charge in [0.1, 0.15) is 0 Å². The van der Waals surface area contributed by atoms with Crippen molar-refractivity contribution in [1.82, 2.24) is 4.57 Å². The molecule has 100 valence electrons. The third-order valence-electron chi connectivity index (χ3n) is 4.28. The van der Waals surface area contributed by atoms with Crippen LogP contribution < -0.4 is 0 Å². The first-order valence-electron chi connectivity index (χ1n) is 7.04. The number of rotatable bonds is 0. The van der Waals surface area contributed by atoms with Crippen LogP contribution in [-0.4, -0.2) is 10.4 Å². The zero-order chi connectivity index (χ0) is 13.8. The Balaban J connectivity index is 2.34. The van der Waals surface area contributed by atoms with E-state index in [0.717, 1.165) is 23.8 Å². The zero-order valence-electron chi connectivity index (χ0n) is 12.2. The molecule has 2 heteroatoms. The largest absolute Gasteiger partial charge is 0.347 e. The standard InChI is InChI=1S/C17H21NO/c1-17(2,3)11-8-9-13-12(10-11)16-14(18(13)4)6-5-7-15(16)19/h8-10H,5-7H2,1-4H3. The predicted molar refractivity (Wildman–Crippen MR) is 78.9 cm³/mol. The second-order valence-corrected chi connectivity index (χ2v) is 6.64. The van der Waals surface area contributed by atoms with Gasteiger partial charge in [-0.15, -0.1) is 0 Å². The van der Waals surface area contributed by atoms with E-state index in [1.807, 2.05) is 0 Å². The van der Waals surface area contributed by atoms with Crippen LogP contribution in [0.1, 0.15) is 55.2 Å². The van der Waals surface area contributed by atoms with Gasteiger partial charge in [-0.25, -0.2) is 0 Å². The lowest BCUT2D eigenvalue weighted by atomic mass is 9.85. The van der Waals surface area contributed by atoms with Gasteiger partial charge in [-0.1, -0.05) is 26.8 Å². The highest BCUT2D eigenvalue weighted by atomic mass is 16.1. The average Bonchev–Trinajstić information content (AvgIpc) is 2.63. The van der Waals surface area contributed by atoms with E-state index in [0.29, 0.717) is 12.2 Å². The molecule has 3 rings (SSSR count). The number of carbonyl (C=O) groups is 1. The summed E-state index contributed by atoms with van der Waals surface area (Å²) in [6.45, 7) is 6.64. The summed E-state index contributed by atoms with van der Waals surface area (Å²) in [7, 11) is 2.08. The summed E-state index contributed by atoms with van der Waals surface area (Å²) < 4.78 is 2.20. The molecule has 0 bridgehead atoms. The normalized spacial score (nSPS) is 15.9. The van der Waals surface area contributed by atoms with E-state index >= 15 is 0 Å². The van der Waals surface area contributed by atoms with E-state index in [4.69, 9.17) is 0 Å². The van der Waals surface area contributed by atoms with Crippen molar-refractivity contribution in [3.8, 4) is 0 Å². The van der Waals surface area contributed by atoms with E-state index < -0.39 is 0 Å². The fourth-order valence-corrected chi connectivity index (χ4v) is 3.11. The fourth-order valence-electron chi connectivity index (χ4n) is 3.11. The molecule has 0 spiro atoms. The molecule has 1 aliphatic carbocycles. The minimum absolute atomic E-state index is 0.120. The first-order chi connectivity index (χ1) is 8.89. The van der Waals surface area contributed by atoms with Gasteiger partial charge in [0.05, 0.1) is 0 Å². The average molecular weight is 255 g/mol. The number of hydrogen-bond donors (Lipinski definition) is 0. The van der Waals surface area contributed by atoms with Crippen molar-refractivity contribution in [1.29, 1.82) is 0 Å². The van der Waals surface area contributed by atoms with Gasteiger partial charge >= 0.3 is 0 Å². The van der Waals surface area contributed by atoms with Crippen molar-refractivity contribution in [2.24, 2.45) is 7.05 Å². The Bertz CT molecular complexity index is 671. The number of ketones is 1. The van der Waals surface area contributed by atoms with Crippen molar-refractivity contribution in [2.75, 3.05) is 0 Å². The molecular weight excluding hydrogens is 234 g/mol. The summed E-state index contributed by atoms with van der Waals surface area (Å²) in [6.07, 6.45) is 2.71. The summed E-state index contributed by atoms with van der Waals surface area (Å²) in [5.74, 6) is 0.318. The van der Waals surface area contributed by atoms with Crippen molar-refractivity contribution < 1.29 is 4.79 Å². The molecule has 2 nitrogen and oxygen atoms in total. The molecule has 2 aromatic rings. The third kappa shape index (κ3) is 1.81. The molecule has 0 radical (unpaired) electrons. The molecule has 1 aromatic carbocycles. The van der Waals surface area contributed by atoms with E-state index in [-0.39, 0.29) is 5.41 Å². The summed E-state index contributed by atoms with van der Waals surface area (Å²) >= 11 is 0. The number of hydrogen-bond acceptors (Lipinski definition) is 1. The smallest absolute Gasteiger partial charge is 0.165 e. The summed E-state index contributed by atoms with van der Waals surface area (Å²) in [4.78, 5) is 12.3. The molecule has 0 amide bonds. The fraction of sp³-hybridized carbons (Fsp3) is 0.471. The van der Waals surface area contributed by atoms with E-state index in [2.05, 4.69) is 50.6 Å². The van der Waals surface area contributed by atoms with Crippen molar-refractivity contribution >= 4 is 16.7 Å². The second-order valence-electron chi connectivity index (χ2n) is 6.64. The van der Waals surface area contributed by atoms with Crippen LogP contribution in [0.4, 0.5) is 0 Å².